The van der Waals surface area contributed by atoms with Gasteiger partial charge in [-0.25, -0.2) is 0 Å². The summed E-state index contributed by atoms with van der Waals surface area (Å²) in [5.74, 6) is 1.24. The molecule has 0 saturated carbocycles. The Bertz CT molecular complexity index is 608. The van der Waals surface area contributed by atoms with Gasteiger partial charge < -0.3 is 15.4 Å². The topological polar surface area (TPSA) is 50.8 Å². The van der Waals surface area contributed by atoms with Gasteiger partial charge >= 0.3 is 0 Å². The number of hydrogen-bond acceptors (Lipinski definition) is 2. The molecule has 0 aliphatic carbocycles. The zero-order chi connectivity index (χ0) is 14.5. The maximum Gasteiger partial charge on any atom is 0.195 e. The molecule has 104 valence electrons. The molecule has 2 aromatic carbocycles. The van der Waals surface area contributed by atoms with Crippen molar-refractivity contribution >= 4 is 11.6 Å². The third-order valence-electron chi connectivity index (χ3n) is 3.22. The third-order valence-corrected chi connectivity index (χ3v) is 3.22. The summed E-state index contributed by atoms with van der Waals surface area (Å²) in [7, 11) is 5.22. The molecule has 0 amide bonds. The van der Waals surface area contributed by atoms with Crippen LogP contribution in [0, 0.1) is 0 Å². The largest absolute Gasteiger partial charge is 0.497 e. The zero-order valence-electron chi connectivity index (χ0n) is 12.0. The second-order valence-corrected chi connectivity index (χ2v) is 4.39. The molecule has 0 heterocycles. The second-order valence-electron chi connectivity index (χ2n) is 4.39. The van der Waals surface area contributed by atoms with E-state index in [1.54, 1.807) is 14.2 Å². The normalized spacial score (nSPS) is 11.2. The van der Waals surface area contributed by atoms with E-state index in [0.717, 1.165) is 22.6 Å². The minimum atomic E-state index is 0.454. The molecule has 0 saturated heterocycles. The third kappa shape index (κ3) is 2.74. The van der Waals surface area contributed by atoms with Gasteiger partial charge in [-0.2, -0.15) is 0 Å². The van der Waals surface area contributed by atoms with Crippen molar-refractivity contribution in [2.45, 2.75) is 0 Å². The van der Waals surface area contributed by atoms with Gasteiger partial charge in [0, 0.05) is 25.7 Å². The highest BCUT2D eigenvalue weighted by molar-refractivity contribution is 5.98. The van der Waals surface area contributed by atoms with Crippen molar-refractivity contribution in [2.75, 3.05) is 26.1 Å². The Morgan fingerprint density at radius 3 is 2.45 bits per heavy atom. The first kappa shape index (κ1) is 13.9. The van der Waals surface area contributed by atoms with Crippen molar-refractivity contribution in [3.63, 3.8) is 0 Å². The van der Waals surface area contributed by atoms with Crippen LogP contribution in [-0.2, 0) is 0 Å². The van der Waals surface area contributed by atoms with E-state index < -0.39 is 0 Å². The number of aliphatic imine (C=N–C) groups is 1. The summed E-state index contributed by atoms with van der Waals surface area (Å²) < 4.78 is 5.30. The van der Waals surface area contributed by atoms with Crippen molar-refractivity contribution in [2.24, 2.45) is 10.7 Å². The van der Waals surface area contributed by atoms with E-state index >= 15 is 0 Å². The van der Waals surface area contributed by atoms with E-state index in [1.165, 1.54) is 0 Å². The maximum atomic E-state index is 5.92. The van der Waals surface area contributed by atoms with Gasteiger partial charge in [-0.1, -0.05) is 30.3 Å². The lowest BCUT2D eigenvalue weighted by Crippen LogP contribution is -2.34. The number of ether oxygens (including phenoxy) is 1. The van der Waals surface area contributed by atoms with E-state index in [-0.39, 0.29) is 0 Å². The first-order valence-corrected chi connectivity index (χ1v) is 6.37. The number of methoxy groups -OCH3 is 1. The molecule has 4 nitrogen and oxygen atoms in total. The van der Waals surface area contributed by atoms with Gasteiger partial charge in [0.25, 0.3) is 0 Å². The highest BCUT2D eigenvalue weighted by Gasteiger charge is 2.13. The summed E-state index contributed by atoms with van der Waals surface area (Å²) >= 11 is 0. The number of nitrogens with zero attached hydrogens (tertiary/aromatic N) is 2. The molecular formula is C16H19N3O. The summed E-state index contributed by atoms with van der Waals surface area (Å²) in [6.07, 6.45) is 0. The lowest BCUT2D eigenvalue weighted by molar-refractivity contribution is 0.415. The van der Waals surface area contributed by atoms with Crippen molar-refractivity contribution in [1.29, 1.82) is 0 Å². The Morgan fingerprint density at radius 2 is 1.85 bits per heavy atom. The minimum Gasteiger partial charge on any atom is -0.497 e. The second kappa shape index (κ2) is 6.10. The van der Waals surface area contributed by atoms with Gasteiger partial charge in [0.15, 0.2) is 5.96 Å². The number of rotatable bonds is 3. The van der Waals surface area contributed by atoms with E-state index in [2.05, 4.69) is 17.1 Å². The molecule has 2 aromatic rings. The van der Waals surface area contributed by atoms with Crippen molar-refractivity contribution in [3.8, 4) is 16.9 Å². The first-order chi connectivity index (χ1) is 9.67. The monoisotopic (exact) mass is 269 g/mol. The Balaban J connectivity index is 2.57. The van der Waals surface area contributed by atoms with E-state index in [9.17, 15) is 0 Å². The van der Waals surface area contributed by atoms with Crippen molar-refractivity contribution in [3.05, 3.63) is 48.5 Å². The van der Waals surface area contributed by atoms with Crippen molar-refractivity contribution in [1.82, 2.24) is 0 Å². The quantitative estimate of drug-likeness (QED) is 0.688. The van der Waals surface area contributed by atoms with Crippen LogP contribution in [-0.4, -0.2) is 27.2 Å². The van der Waals surface area contributed by atoms with E-state index in [4.69, 9.17) is 10.5 Å². The fraction of sp³-hybridized carbons (Fsp3) is 0.188. The minimum absolute atomic E-state index is 0.454. The lowest BCUT2D eigenvalue weighted by Gasteiger charge is -2.22. The lowest BCUT2D eigenvalue weighted by atomic mass is 10.0. The number of nitrogens with two attached hydrogens (primary N) is 1. The summed E-state index contributed by atoms with van der Waals surface area (Å²) in [5, 5.41) is 0. The molecule has 0 unspecified atom stereocenters. The van der Waals surface area contributed by atoms with Gasteiger partial charge in [-0.15, -0.1) is 0 Å². The van der Waals surface area contributed by atoms with Crippen LogP contribution in [0.2, 0.25) is 0 Å². The van der Waals surface area contributed by atoms with Gasteiger partial charge in [-0.3, -0.25) is 4.99 Å². The molecule has 0 fully saturated rings. The van der Waals surface area contributed by atoms with Crippen LogP contribution in [0.1, 0.15) is 0 Å². The first-order valence-electron chi connectivity index (χ1n) is 6.37. The van der Waals surface area contributed by atoms with Crippen LogP contribution in [0.4, 0.5) is 5.69 Å². The highest BCUT2D eigenvalue weighted by atomic mass is 16.5. The van der Waals surface area contributed by atoms with Gasteiger partial charge in [0.05, 0.1) is 12.8 Å². The smallest absolute Gasteiger partial charge is 0.195 e. The Labute approximate surface area is 119 Å². The number of anilines is 1. The van der Waals surface area contributed by atoms with Crippen LogP contribution in [0.5, 0.6) is 5.75 Å². The number of hydrogen-bond donors (Lipinski definition) is 1. The average Bonchev–Trinajstić information content (AvgIpc) is 2.53. The number of benzene rings is 2. The standard InChI is InChI=1S/C16H19N3O/c1-18-16(17)19(2)15-11-13(20-3)9-10-14(15)12-7-5-4-6-8-12/h4-11H,1-3H3,(H2,17,18). The van der Waals surface area contributed by atoms with E-state index in [0.29, 0.717) is 5.96 Å². The molecule has 2 rings (SSSR count). The van der Waals surface area contributed by atoms with Crippen LogP contribution in [0.25, 0.3) is 11.1 Å². The molecular weight excluding hydrogens is 250 g/mol. The molecule has 0 aliphatic heterocycles. The number of guanidine groups is 1. The highest BCUT2D eigenvalue weighted by Crippen LogP contribution is 2.33. The van der Waals surface area contributed by atoms with Crippen LogP contribution >= 0.6 is 0 Å². The fourth-order valence-corrected chi connectivity index (χ4v) is 2.05. The summed E-state index contributed by atoms with van der Waals surface area (Å²) in [4.78, 5) is 5.89. The molecule has 0 spiro atoms. The predicted molar refractivity (Wildman–Crippen MR) is 84.4 cm³/mol. The van der Waals surface area contributed by atoms with Crippen LogP contribution in [0.15, 0.2) is 53.5 Å². The summed E-state index contributed by atoms with van der Waals surface area (Å²) in [6, 6.07) is 16.1. The maximum absolute atomic E-state index is 5.92. The Kier molecular flexibility index (Phi) is 4.25. The molecule has 0 aliphatic rings. The Hall–Kier alpha value is -2.49. The average molecular weight is 269 g/mol. The Morgan fingerprint density at radius 1 is 1.15 bits per heavy atom. The van der Waals surface area contributed by atoms with Crippen LogP contribution < -0.4 is 15.4 Å². The van der Waals surface area contributed by atoms with Gasteiger partial charge in [0.1, 0.15) is 5.75 Å². The molecule has 4 heteroatoms. The molecule has 0 radical (unpaired) electrons. The molecule has 0 bridgehead atoms. The molecule has 0 atom stereocenters. The SMILES string of the molecule is CN=C(N)N(C)c1cc(OC)ccc1-c1ccccc1. The molecule has 20 heavy (non-hydrogen) atoms. The van der Waals surface area contributed by atoms with Gasteiger partial charge in [0.2, 0.25) is 0 Å². The van der Waals surface area contributed by atoms with Crippen LogP contribution in [0.3, 0.4) is 0 Å². The fourth-order valence-electron chi connectivity index (χ4n) is 2.05. The zero-order valence-corrected chi connectivity index (χ0v) is 12.0. The van der Waals surface area contributed by atoms with Gasteiger partial charge in [-0.05, 0) is 17.7 Å². The van der Waals surface area contributed by atoms with Crippen molar-refractivity contribution < 1.29 is 4.74 Å². The summed E-state index contributed by atoms with van der Waals surface area (Å²) in [5.41, 5.74) is 9.09. The summed E-state index contributed by atoms with van der Waals surface area (Å²) in [6.45, 7) is 0. The molecule has 0 aromatic heterocycles. The van der Waals surface area contributed by atoms with E-state index in [1.807, 2.05) is 48.3 Å². The molecule has 2 N–H and O–H groups in total. The predicted octanol–water partition coefficient (Wildman–Crippen LogP) is 2.74.